The van der Waals surface area contributed by atoms with Gasteiger partial charge in [-0.2, -0.15) is 0 Å². The van der Waals surface area contributed by atoms with Crippen LogP contribution in [0.4, 0.5) is 20.8 Å². The maximum atomic E-state index is 14.6. The van der Waals surface area contributed by atoms with Crippen molar-refractivity contribution in [2.75, 3.05) is 19.0 Å². The number of nitrogens with zero attached hydrogens (tertiary/aromatic N) is 3. The zero-order valence-corrected chi connectivity index (χ0v) is 22.6. The first-order valence-corrected chi connectivity index (χ1v) is 15.6. The highest BCUT2D eigenvalue weighted by molar-refractivity contribution is 7.80. The second kappa shape index (κ2) is 8.47. The number of para-hydroxylation sites is 1. The highest BCUT2D eigenvalue weighted by Crippen LogP contribution is 2.45. The van der Waals surface area contributed by atoms with Crippen molar-refractivity contribution in [2.45, 2.75) is 24.9 Å². The molecule has 182 valence electrons. The van der Waals surface area contributed by atoms with Crippen LogP contribution >= 0.6 is 23.6 Å². The van der Waals surface area contributed by atoms with Crippen LogP contribution < -0.4 is 15.3 Å². The monoisotopic (exact) mass is 533 g/mol. The van der Waals surface area contributed by atoms with Crippen LogP contribution in [0.5, 0.6) is 0 Å². The minimum atomic E-state index is -2.04. The van der Waals surface area contributed by atoms with Crippen molar-refractivity contribution in [2.24, 2.45) is 0 Å². The van der Waals surface area contributed by atoms with Crippen LogP contribution in [-0.2, 0) is 9.59 Å². The molecule has 0 N–H and O–H groups in total. The third-order valence-corrected chi connectivity index (χ3v) is 14.5. The first kappa shape index (κ1) is 23.3. The Balaban J connectivity index is 1.47. The fraction of sp³-hybridized carbons (Fsp3) is 0.222. The summed E-state index contributed by atoms with van der Waals surface area (Å²) < 4.78 is 14.6. The van der Waals surface area contributed by atoms with E-state index in [0.29, 0.717) is 0 Å². The summed E-state index contributed by atoms with van der Waals surface area (Å²) in [6.45, 7) is 0. The van der Waals surface area contributed by atoms with Crippen molar-refractivity contribution in [1.29, 1.82) is 0 Å². The van der Waals surface area contributed by atoms with Crippen molar-refractivity contribution < 1.29 is 14.0 Å². The summed E-state index contributed by atoms with van der Waals surface area (Å²) in [5.41, 5.74) is 2.28. The van der Waals surface area contributed by atoms with Gasteiger partial charge < -0.3 is 4.90 Å². The van der Waals surface area contributed by atoms with E-state index in [-0.39, 0.29) is 16.5 Å². The lowest BCUT2D eigenvalue weighted by atomic mass is 10.1. The number of benzene rings is 2. The molecule has 0 radical (unpaired) electrons. The number of halogens is 1. The van der Waals surface area contributed by atoms with Crippen molar-refractivity contribution in [1.82, 2.24) is 9.80 Å². The summed E-state index contributed by atoms with van der Waals surface area (Å²) >= 11 is 6.69. The maximum absolute atomic E-state index is 14.6. The van der Waals surface area contributed by atoms with E-state index in [1.165, 1.54) is 44.4 Å². The highest BCUT2D eigenvalue weighted by atomic mass is 32.1. The Bertz CT molecular complexity index is 1450. The Morgan fingerprint density at radius 2 is 1.58 bits per heavy atom. The van der Waals surface area contributed by atoms with Gasteiger partial charge >= 0.3 is 0 Å². The Kier molecular flexibility index (Phi) is 5.47. The van der Waals surface area contributed by atoms with Crippen LogP contribution in [0.15, 0.2) is 60.2 Å². The number of hydrogen-bond acceptors (Lipinski definition) is 5. The smallest absolute Gasteiger partial charge is 0.265 e. The minimum Gasteiger partial charge on any atom is -0.302 e. The number of fused-ring (bicyclic) bond motifs is 4. The van der Waals surface area contributed by atoms with Gasteiger partial charge in [0.2, 0.25) is 0 Å². The van der Waals surface area contributed by atoms with Gasteiger partial charge in [0.25, 0.3) is 11.8 Å². The van der Waals surface area contributed by atoms with E-state index in [1.54, 1.807) is 32.3 Å². The highest BCUT2D eigenvalue weighted by Gasteiger charge is 2.47. The second-order valence-electron chi connectivity index (χ2n) is 9.55. The number of thiophene rings is 1. The van der Waals surface area contributed by atoms with Crippen LogP contribution in [0.25, 0.3) is 6.08 Å². The number of carbonyl (C=O) groups is 2. The maximum Gasteiger partial charge on any atom is 0.265 e. The van der Waals surface area contributed by atoms with E-state index in [0.717, 1.165) is 33.3 Å². The van der Waals surface area contributed by atoms with E-state index < -0.39 is 19.9 Å². The number of carbonyl (C=O) groups excluding carboxylic acids is 2. The SMILES string of the molecule is CN1C(=O)C(=Cc2ccc(N3c4ccccc4[Si]4(CCCC4)c4cc(F)ccc43)s2)C(=O)N(C)C1=S. The third kappa shape index (κ3) is 3.33. The molecule has 3 aromatic rings. The quantitative estimate of drug-likeness (QED) is 0.209. The van der Waals surface area contributed by atoms with Crippen LogP contribution in [-0.4, -0.2) is 48.9 Å². The summed E-state index contributed by atoms with van der Waals surface area (Å²) in [7, 11) is 1.11. The summed E-state index contributed by atoms with van der Waals surface area (Å²) in [6.07, 6.45) is 4.01. The molecular formula is C27H24FN3O2S2Si. The van der Waals surface area contributed by atoms with Gasteiger partial charge in [0, 0.05) is 30.3 Å². The first-order chi connectivity index (χ1) is 17.3. The second-order valence-corrected chi connectivity index (χ2v) is 15.2. The summed E-state index contributed by atoms with van der Waals surface area (Å²) in [6, 6.07) is 20.0. The lowest BCUT2D eigenvalue weighted by Gasteiger charge is -2.42. The van der Waals surface area contributed by atoms with Gasteiger partial charge in [-0.25, -0.2) is 4.39 Å². The molecular weight excluding hydrogens is 510 g/mol. The number of likely N-dealkylation sites (N-methyl/N-ethyl adjacent to an activating group) is 2. The molecule has 36 heavy (non-hydrogen) atoms. The van der Waals surface area contributed by atoms with E-state index in [4.69, 9.17) is 12.2 Å². The lowest BCUT2D eigenvalue weighted by Crippen LogP contribution is -2.61. The molecule has 3 aliphatic rings. The molecule has 2 saturated heterocycles. The molecule has 0 bridgehead atoms. The molecule has 0 aliphatic carbocycles. The number of thiocarbonyl (C=S) groups is 1. The van der Waals surface area contributed by atoms with Crippen molar-refractivity contribution in [3.05, 3.63) is 70.9 Å². The van der Waals surface area contributed by atoms with Gasteiger partial charge in [0.15, 0.2) is 5.11 Å². The molecule has 9 heteroatoms. The van der Waals surface area contributed by atoms with Gasteiger partial charge in [-0.05, 0) is 77.2 Å². The third-order valence-electron chi connectivity index (χ3n) is 7.60. The molecule has 1 aromatic heterocycles. The average molecular weight is 534 g/mol. The molecule has 2 amide bonds. The Morgan fingerprint density at radius 3 is 2.31 bits per heavy atom. The van der Waals surface area contributed by atoms with E-state index in [2.05, 4.69) is 29.2 Å². The fourth-order valence-corrected chi connectivity index (χ4v) is 12.5. The molecule has 3 aliphatic heterocycles. The van der Waals surface area contributed by atoms with Crippen molar-refractivity contribution >= 4 is 81.4 Å². The summed E-state index contributed by atoms with van der Waals surface area (Å²) in [5.74, 6) is -1.00. The average Bonchev–Trinajstić information content (AvgIpc) is 3.56. The van der Waals surface area contributed by atoms with Gasteiger partial charge in [0.05, 0.1) is 0 Å². The van der Waals surface area contributed by atoms with Crippen LogP contribution in [0.1, 0.15) is 17.7 Å². The normalized spacial score (nSPS) is 18.7. The molecule has 2 fully saturated rings. The van der Waals surface area contributed by atoms with Crippen molar-refractivity contribution in [3.63, 3.8) is 0 Å². The van der Waals surface area contributed by atoms with Crippen LogP contribution in [0.3, 0.4) is 0 Å². The molecule has 2 aromatic carbocycles. The van der Waals surface area contributed by atoms with Crippen LogP contribution in [0, 0.1) is 5.82 Å². The summed E-state index contributed by atoms with van der Waals surface area (Å²) in [4.78, 5) is 31.2. The first-order valence-electron chi connectivity index (χ1n) is 11.9. The summed E-state index contributed by atoms with van der Waals surface area (Å²) in [5, 5.41) is 3.68. The number of hydrogen-bond donors (Lipinski definition) is 0. The zero-order valence-electron chi connectivity index (χ0n) is 20.0. The molecule has 5 nitrogen and oxygen atoms in total. The van der Waals surface area contributed by atoms with Gasteiger partial charge in [-0.15, -0.1) is 11.3 Å². The Morgan fingerprint density at radius 1 is 0.917 bits per heavy atom. The van der Waals surface area contributed by atoms with E-state index in [9.17, 15) is 14.0 Å². The fourth-order valence-electron chi connectivity index (χ4n) is 5.85. The van der Waals surface area contributed by atoms with Gasteiger partial charge in [-0.3, -0.25) is 19.4 Å². The number of rotatable bonds is 2. The molecule has 0 saturated carbocycles. The largest absolute Gasteiger partial charge is 0.302 e. The number of amides is 2. The molecule has 4 heterocycles. The predicted molar refractivity (Wildman–Crippen MR) is 149 cm³/mol. The molecule has 1 spiro atoms. The molecule has 0 atom stereocenters. The van der Waals surface area contributed by atoms with E-state index in [1.807, 2.05) is 18.2 Å². The van der Waals surface area contributed by atoms with Gasteiger partial charge in [-0.1, -0.05) is 31.0 Å². The van der Waals surface area contributed by atoms with Crippen molar-refractivity contribution in [3.8, 4) is 0 Å². The van der Waals surface area contributed by atoms with Crippen LogP contribution in [0.2, 0.25) is 12.1 Å². The predicted octanol–water partition coefficient (Wildman–Crippen LogP) is 4.63. The standard InChI is InChI=1S/C27H24FN3O2S2Si/c1-29-25(32)19(26(33)30(2)27(29)34)16-18-10-12-24(35-18)31-20-7-3-4-8-22(20)36(13-5-6-14-36)23-15-17(28)9-11-21(23)31/h3-4,7-12,15-16H,5-6,13-14H2,1-2H3. The van der Waals surface area contributed by atoms with Gasteiger partial charge in [0.1, 0.15) is 24.5 Å². The zero-order chi connectivity index (χ0) is 25.2. The Labute approximate surface area is 219 Å². The topological polar surface area (TPSA) is 43.9 Å². The molecule has 0 unspecified atom stereocenters. The Hall–Kier alpha value is -3.14. The number of anilines is 3. The molecule has 6 rings (SSSR count). The minimum absolute atomic E-state index is 0.0841. The van der Waals surface area contributed by atoms with E-state index >= 15 is 0 Å². The lowest BCUT2D eigenvalue weighted by molar-refractivity contribution is -0.132.